The molecular formula is C35H41FO. The van der Waals surface area contributed by atoms with Crippen LogP contribution in [-0.2, 0) is 19.3 Å². The maximum Gasteiger partial charge on any atom is 0.130 e. The van der Waals surface area contributed by atoms with Crippen molar-refractivity contribution in [2.75, 3.05) is 6.61 Å². The van der Waals surface area contributed by atoms with Crippen LogP contribution in [0.1, 0.15) is 90.0 Å². The van der Waals surface area contributed by atoms with E-state index >= 15 is 4.39 Å². The van der Waals surface area contributed by atoms with Gasteiger partial charge >= 0.3 is 0 Å². The summed E-state index contributed by atoms with van der Waals surface area (Å²) in [5.74, 6) is 0.623. The normalized spacial score (nSPS) is 13.3. The molecular weight excluding hydrogens is 455 g/mol. The Balaban J connectivity index is 1.66. The van der Waals surface area contributed by atoms with Gasteiger partial charge < -0.3 is 5.11 Å². The molecule has 0 aliphatic rings. The van der Waals surface area contributed by atoms with E-state index in [9.17, 15) is 5.11 Å². The van der Waals surface area contributed by atoms with Crippen LogP contribution in [0.2, 0.25) is 0 Å². The molecule has 0 saturated heterocycles. The van der Waals surface area contributed by atoms with Gasteiger partial charge in [-0.25, -0.2) is 4.39 Å². The third-order valence-electron chi connectivity index (χ3n) is 7.98. The minimum Gasteiger partial charge on any atom is -0.396 e. The van der Waals surface area contributed by atoms with E-state index in [0.717, 1.165) is 28.7 Å². The van der Waals surface area contributed by atoms with Crippen molar-refractivity contribution in [2.45, 2.75) is 78.6 Å². The number of benzene rings is 4. The van der Waals surface area contributed by atoms with Crippen molar-refractivity contribution in [2.24, 2.45) is 0 Å². The second-order valence-corrected chi connectivity index (χ2v) is 11.1. The Labute approximate surface area is 222 Å². The first-order valence-electron chi connectivity index (χ1n) is 13.7. The van der Waals surface area contributed by atoms with E-state index in [2.05, 4.69) is 83.1 Å². The molecule has 0 bridgehead atoms. The molecule has 0 aliphatic heterocycles. The third kappa shape index (κ3) is 5.65. The summed E-state index contributed by atoms with van der Waals surface area (Å²) in [6, 6.07) is 23.3. The quantitative estimate of drug-likeness (QED) is 0.245. The van der Waals surface area contributed by atoms with Crippen LogP contribution >= 0.6 is 0 Å². The number of aryl methyl sites for hydroxylation is 2. The summed E-state index contributed by atoms with van der Waals surface area (Å²) >= 11 is 0. The molecule has 0 fully saturated rings. The number of hydrogen-bond acceptors (Lipinski definition) is 1. The Kier molecular flexibility index (Phi) is 8.49. The van der Waals surface area contributed by atoms with Crippen LogP contribution in [0, 0.1) is 19.7 Å². The zero-order valence-corrected chi connectivity index (χ0v) is 23.2. The highest BCUT2D eigenvalue weighted by molar-refractivity contribution is 5.92. The van der Waals surface area contributed by atoms with Gasteiger partial charge in [0.05, 0.1) is 0 Å². The van der Waals surface area contributed by atoms with E-state index in [1.54, 1.807) is 0 Å². The van der Waals surface area contributed by atoms with E-state index in [1.807, 2.05) is 25.1 Å². The second kappa shape index (κ2) is 11.6. The second-order valence-electron chi connectivity index (χ2n) is 11.1. The van der Waals surface area contributed by atoms with Gasteiger partial charge in [-0.1, -0.05) is 94.4 Å². The summed E-state index contributed by atoms with van der Waals surface area (Å²) < 4.78 is 16.1. The Morgan fingerprint density at radius 1 is 0.676 bits per heavy atom. The largest absolute Gasteiger partial charge is 0.396 e. The van der Waals surface area contributed by atoms with E-state index in [0.29, 0.717) is 18.8 Å². The van der Waals surface area contributed by atoms with Crippen molar-refractivity contribution >= 4 is 10.8 Å². The van der Waals surface area contributed by atoms with Gasteiger partial charge in [-0.15, -0.1) is 0 Å². The van der Waals surface area contributed by atoms with Crippen LogP contribution in [-0.4, -0.2) is 11.7 Å². The number of halogens is 1. The van der Waals surface area contributed by atoms with Crippen molar-refractivity contribution in [1.82, 2.24) is 0 Å². The lowest BCUT2D eigenvalue weighted by atomic mass is 9.83. The van der Waals surface area contributed by atoms with E-state index < -0.39 is 0 Å². The van der Waals surface area contributed by atoms with Gasteiger partial charge in [0.1, 0.15) is 5.82 Å². The molecule has 2 heteroatoms. The molecule has 1 nitrogen and oxygen atoms in total. The fourth-order valence-electron chi connectivity index (χ4n) is 6.07. The van der Waals surface area contributed by atoms with E-state index in [4.69, 9.17) is 0 Å². The van der Waals surface area contributed by atoms with Crippen LogP contribution < -0.4 is 0 Å². The van der Waals surface area contributed by atoms with Crippen LogP contribution in [0.3, 0.4) is 0 Å². The number of rotatable bonds is 9. The molecule has 0 radical (unpaired) electrons. The molecule has 194 valence electrons. The summed E-state index contributed by atoms with van der Waals surface area (Å²) in [6.07, 6.45) is 2.07. The van der Waals surface area contributed by atoms with Gasteiger partial charge in [-0.05, 0) is 106 Å². The van der Waals surface area contributed by atoms with Gasteiger partial charge in [0, 0.05) is 6.61 Å². The van der Waals surface area contributed by atoms with Gasteiger partial charge in [0.15, 0.2) is 0 Å². The Morgan fingerprint density at radius 2 is 1.38 bits per heavy atom. The molecule has 0 aromatic heterocycles. The predicted molar refractivity (Wildman–Crippen MR) is 155 cm³/mol. The van der Waals surface area contributed by atoms with Crippen LogP contribution in [0.5, 0.6) is 0 Å². The molecule has 0 aliphatic carbocycles. The van der Waals surface area contributed by atoms with Crippen molar-refractivity contribution in [3.63, 3.8) is 0 Å². The number of hydrogen-bond donors (Lipinski definition) is 1. The van der Waals surface area contributed by atoms with E-state index in [-0.39, 0.29) is 24.3 Å². The topological polar surface area (TPSA) is 20.2 Å². The molecule has 2 atom stereocenters. The zero-order valence-electron chi connectivity index (χ0n) is 23.2. The highest BCUT2D eigenvalue weighted by Gasteiger charge is 2.21. The molecule has 0 amide bonds. The fourth-order valence-corrected chi connectivity index (χ4v) is 6.07. The molecule has 2 unspecified atom stereocenters. The van der Waals surface area contributed by atoms with Crippen LogP contribution in [0.4, 0.5) is 4.39 Å². The monoisotopic (exact) mass is 496 g/mol. The summed E-state index contributed by atoms with van der Waals surface area (Å²) in [4.78, 5) is 0. The van der Waals surface area contributed by atoms with Gasteiger partial charge in [-0.3, -0.25) is 0 Å². The third-order valence-corrected chi connectivity index (χ3v) is 7.98. The maximum atomic E-state index is 16.1. The van der Waals surface area contributed by atoms with Gasteiger partial charge in [-0.2, -0.15) is 0 Å². The summed E-state index contributed by atoms with van der Waals surface area (Å²) in [6.45, 7) is 13.2. The highest BCUT2D eigenvalue weighted by atomic mass is 19.1. The average molecular weight is 497 g/mol. The zero-order chi connectivity index (χ0) is 26.7. The van der Waals surface area contributed by atoms with Crippen LogP contribution in [0.25, 0.3) is 10.8 Å². The van der Waals surface area contributed by atoms with E-state index in [1.165, 1.54) is 33.0 Å². The summed E-state index contributed by atoms with van der Waals surface area (Å²) in [5, 5.41) is 12.1. The van der Waals surface area contributed by atoms with Crippen molar-refractivity contribution in [3.05, 3.63) is 117 Å². The molecule has 4 rings (SSSR count). The Morgan fingerprint density at radius 3 is 2.11 bits per heavy atom. The molecule has 4 aromatic carbocycles. The first kappa shape index (κ1) is 27.1. The minimum atomic E-state index is -0.0572. The average Bonchev–Trinajstić information content (AvgIpc) is 2.86. The predicted octanol–water partition coefficient (Wildman–Crippen LogP) is 8.95. The molecule has 0 spiro atoms. The first-order chi connectivity index (χ1) is 17.7. The maximum absolute atomic E-state index is 16.1. The van der Waals surface area contributed by atoms with Gasteiger partial charge in [0.2, 0.25) is 0 Å². The highest BCUT2D eigenvalue weighted by Crippen LogP contribution is 2.35. The molecule has 0 saturated carbocycles. The summed E-state index contributed by atoms with van der Waals surface area (Å²) in [7, 11) is 0. The Hall–Kier alpha value is -2.97. The number of fused-ring (bicyclic) bond motifs is 1. The molecule has 0 heterocycles. The Bertz CT molecular complexity index is 1380. The number of aliphatic hydroxyl groups excluding tert-OH is 1. The molecule has 4 aromatic rings. The number of aliphatic hydroxyl groups is 1. The lowest BCUT2D eigenvalue weighted by Crippen LogP contribution is -2.10. The van der Waals surface area contributed by atoms with Crippen molar-refractivity contribution in [3.8, 4) is 0 Å². The van der Waals surface area contributed by atoms with Gasteiger partial charge in [0.25, 0.3) is 0 Å². The summed E-state index contributed by atoms with van der Waals surface area (Å²) in [5.41, 5.74) is 8.92. The smallest absolute Gasteiger partial charge is 0.130 e. The molecule has 1 N–H and O–H groups in total. The van der Waals surface area contributed by atoms with Crippen LogP contribution in [0.15, 0.2) is 66.7 Å². The van der Waals surface area contributed by atoms with Crippen molar-refractivity contribution < 1.29 is 9.50 Å². The first-order valence-corrected chi connectivity index (χ1v) is 13.7. The standard InChI is InChI=1S/C35H41FO/c1-22(2)30-17-16-28(32-13-9-10-23(3)34(30)32)21-26(6)33-24(4)14-15-29(35(33)36)20-25(5)31-12-8-7-11-27(31)18-19-37/h7-17,22,25-26,37H,18-21H2,1-6H3. The lowest BCUT2D eigenvalue weighted by Gasteiger charge is -2.22. The lowest BCUT2D eigenvalue weighted by molar-refractivity contribution is 0.299. The minimum absolute atomic E-state index is 0.0572. The SMILES string of the molecule is Cc1ccc(CC(C)c2ccccc2CCO)c(F)c1C(C)Cc1ccc(C(C)C)c2c(C)cccc12. The fraction of sp³-hybridized carbons (Fsp3) is 0.371. The van der Waals surface area contributed by atoms with Crippen molar-refractivity contribution in [1.29, 1.82) is 0 Å². The molecule has 37 heavy (non-hydrogen) atoms.